The first-order valence-electron chi connectivity index (χ1n) is 11.6. The molecule has 0 atom stereocenters. The van der Waals surface area contributed by atoms with E-state index in [1.54, 1.807) is 0 Å². The first-order chi connectivity index (χ1) is 13.2. The van der Waals surface area contributed by atoms with Gasteiger partial charge >= 0.3 is 0 Å². The Morgan fingerprint density at radius 3 is 1.56 bits per heavy atom. The average molecular weight is 374 g/mol. The largest absolute Gasteiger partial charge is 0.339 e. The van der Waals surface area contributed by atoms with Crippen molar-refractivity contribution in [2.75, 3.05) is 13.1 Å². The molecule has 0 aliphatic carbocycles. The molecule has 0 saturated heterocycles. The van der Waals surface area contributed by atoms with E-state index in [2.05, 4.69) is 37.8 Å². The predicted octanol–water partition coefficient (Wildman–Crippen LogP) is 7.41. The van der Waals surface area contributed by atoms with Crippen LogP contribution >= 0.6 is 0 Å². The van der Waals surface area contributed by atoms with Crippen LogP contribution in [-0.4, -0.2) is 23.9 Å². The maximum Gasteiger partial charge on any atom is 0.253 e. The molecule has 1 aromatic rings. The summed E-state index contributed by atoms with van der Waals surface area (Å²) in [5, 5.41) is 0. The van der Waals surface area contributed by atoms with Crippen molar-refractivity contribution < 1.29 is 4.79 Å². The molecule has 0 aliphatic heterocycles. The van der Waals surface area contributed by atoms with Crippen LogP contribution < -0.4 is 0 Å². The third-order valence-electron chi connectivity index (χ3n) is 5.46. The summed E-state index contributed by atoms with van der Waals surface area (Å²) < 4.78 is 0. The molecule has 1 rings (SSSR count). The number of benzene rings is 1. The molecular weight excluding hydrogens is 330 g/mol. The molecule has 0 aliphatic rings. The van der Waals surface area contributed by atoms with Gasteiger partial charge in [0.1, 0.15) is 0 Å². The van der Waals surface area contributed by atoms with Crippen molar-refractivity contribution >= 4 is 5.91 Å². The standard InChI is InChI=1S/C25H43NO/c1-4-7-9-11-13-15-21-26(22-16-14-12-10-8-5-2)25(27)24-19-17-23(6-3)18-20-24/h17-20H,4-16,21-22H2,1-3H3. The monoisotopic (exact) mass is 373 g/mol. The predicted molar refractivity (Wildman–Crippen MR) is 118 cm³/mol. The van der Waals surface area contributed by atoms with Crippen LogP contribution in [0.25, 0.3) is 0 Å². The van der Waals surface area contributed by atoms with Gasteiger partial charge in [0, 0.05) is 18.7 Å². The van der Waals surface area contributed by atoms with Crippen LogP contribution in [0.3, 0.4) is 0 Å². The van der Waals surface area contributed by atoms with Gasteiger partial charge in [0.2, 0.25) is 0 Å². The molecule has 1 aromatic carbocycles. The Bertz CT molecular complexity index is 464. The summed E-state index contributed by atoms with van der Waals surface area (Å²) in [6.45, 7) is 8.49. The smallest absolute Gasteiger partial charge is 0.253 e. The van der Waals surface area contributed by atoms with Crippen molar-refractivity contribution in [3.63, 3.8) is 0 Å². The fourth-order valence-electron chi connectivity index (χ4n) is 3.55. The maximum absolute atomic E-state index is 13.0. The van der Waals surface area contributed by atoms with Crippen LogP contribution in [0.5, 0.6) is 0 Å². The second-order valence-corrected chi connectivity index (χ2v) is 7.88. The summed E-state index contributed by atoms with van der Waals surface area (Å²) in [5.41, 5.74) is 2.15. The van der Waals surface area contributed by atoms with Crippen LogP contribution in [0.4, 0.5) is 0 Å². The molecule has 154 valence electrons. The molecule has 0 aromatic heterocycles. The molecule has 0 spiro atoms. The maximum atomic E-state index is 13.0. The Morgan fingerprint density at radius 2 is 1.11 bits per heavy atom. The highest BCUT2D eigenvalue weighted by Crippen LogP contribution is 2.13. The van der Waals surface area contributed by atoms with Crippen molar-refractivity contribution in [1.29, 1.82) is 0 Å². The van der Waals surface area contributed by atoms with Gasteiger partial charge in [-0.05, 0) is 37.0 Å². The number of unbranched alkanes of at least 4 members (excludes halogenated alkanes) is 10. The molecule has 0 unspecified atom stereocenters. The lowest BCUT2D eigenvalue weighted by atomic mass is 10.1. The van der Waals surface area contributed by atoms with Crippen LogP contribution in [0, 0.1) is 0 Å². The van der Waals surface area contributed by atoms with Gasteiger partial charge in [-0.15, -0.1) is 0 Å². The third kappa shape index (κ3) is 10.6. The van der Waals surface area contributed by atoms with Crippen LogP contribution in [-0.2, 0) is 6.42 Å². The van der Waals surface area contributed by atoms with Crippen molar-refractivity contribution in [1.82, 2.24) is 4.90 Å². The number of carbonyl (C=O) groups is 1. The first-order valence-corrected chi connectivity index (χ1v) is 11.6. The number of nitrogens with zero attached hydrogens (tertiary/aromatic N) is 1. The number of carbonyl (C=O) groups excluding carboxylic acids is 1. The van der Waals surface area contributed by atoms with E-state index in [9.17, 15) is 4.79 Å². The Balaban J connectivity index is 2.50. The van der Waals surface area contributed by atoms with Crippen LogP contribution in [0.1, 0.15) is 114 Å². The summed E-state index contributed by atoms with van der Waals surface area (Å²) in [6, 6.07) is 8.22. The second kappa shape index (κ2) is 15.7. The number of aryl methyl sites for hydroxylation is 1. The van der Waals surface area contributed by atoms with Gasteiger partial charge in [-0.25, -0.2) is 0 Å². The molecule has 0 N–H and O–H groups in total. The molecule has 2 nitrogen and oxygen atoms in total. The zero-order chi connectivity index (χ0) is 19.7. The summed E-state index contributed by atoms with van der Waals surface area (Å²) >= 11 is 0. The van der Waals surface area contributed by atoms with E-state index in [1.807, 2.05) is 12.1 Å². The van der Waals surface area contributed by atoms with Gasteiger partial charge in [0.05, 0.1) is 0 Å². The molecule has 0 heterocycles. The zero-order valence-corrected chi connectivity index (χ0v) is 18.3. The van der Waals surface area contributed by atoms with Crippen molar-refractivity contribution in [2.45, 2.75) is 104 Å². The highest BCUT2D eigenvalue weighted by Gasteiger charge is 2.15. The molecule has 0 bridgehead atoms. The van der Waals surface area contributed by atoms with E-state index in [1.165, 1.54) is 69.8 Å². The van der Waals surface area contributed by atoms with E-state index in [0.29, 0.717) is 0 Å². The Labute approximate surface area is 168 Å². The normalized spacial score (nSPS) is 10.9. The van der Waals surface area contributed by atoms with E-state index in [-0.39, 0.29) is 5.91 Å². The summed E-state index contributed by atoms with van der Waals surface area (Å²) in [4.78, 5) is 15.1. The van der Waals surface area contributed by atoms with Gasteiger partial charge < -0.3 is 4.90 Å². The topological polar surface area (TPSA) is 20.3 Å². The minimum Gasteiger partial charge on any atom is -0.339 e. The van der Waals surface area contributed by atoms with Crippen molar-refractivity contribution in [2.24, 2.45) is 0 Å². The van der Waals surface area contributed by atoms with E-state index in [0.717, 1.165) is 37.9 Å². The lowest BCUT2D eigenvalue weighted by Crippen LogP contribution is -2.33. The molecule has 1 amide bonds. The van der Waals surface area contributed by atoms with E-state index in [4.69, 9.17) is 0 Å². The molecular formula is C25H43NO. The highest BCUT2D eigenvalue weighted by molar-refractivity contribution is 5.94. The lowest BCUT2D eigenvalue weighted by molar-refractivity contribution is 0.0749. The quantitative estimate of drug-likeness (QED) is 0.276. The summed E-state index contributed by atoms with van der Waals surface area (Å²) in [6.07, 6.45) is 16.3. The van der Waals surface area contributed by atoms with Gasteiger partial charge in [-0.3, -0.25) is 4.79 Å². The van der Waals surface area contributed by atoms with Crippen LogP contribution in [0.15, 0.2) is 24.3 Å². The molecule has 2 heteroatoms. The van der Waals surface area contributed by atoms with Crippen molar-refractivity contribution in [3.05, 3.63) is 35.4 Å². The SMILES string of the molecule is CCCCCCCCN(CCCCCCCC)C(=O)c1ccc(CC)cc1. The van der Waals surface area contributed by atoms with Gasteiger partial charge in [0.25, 0.3) is 5.91 Å². The van der Waals surface area contributed by atoms with Crippen molar-refractivity contribution in [3.8, 4) is 0 Å². The fourth-order valence-corrected chi connectivity index (χ4v) is 3.55. The Kier molecular flexibility index (Phi) is 13.8. The molecule has 0 fully saturated rings. The summed E-state index contributed by atoms with van der Waals surface area (Å²) in [7, 11) is 0. The zero-order valence-electron chi connectivity index (χ0n) is 18.3. The van der Waals surface area contributed by atoms with Gasteiger partial charge in [-0.1, -0.05) is 97.1 Å². The van der Waals surface area contributed by atoms with E-state index >= 15 is 0 Å². The molecule has 0 radical (unpaired) electrons. The Morgan fingerprint density at radius 1 is 0.667 bits per heavy atom. The number of hydrogen-bond acceptors (Lipinski definition) is 1. The minimum absolute atomic E-state index is 0.222. The van der Waals surface area contributed by atoms with Gasteiger partial charge in [-0.2, -0.15) is 0 Å². The fraction of sp³-hybridized carbons (Fsp3) is 0.720. The lowest BCUT2D eigenvalue weighted by Gasteiger charge is -2.23. The number of amides is 1. The average Bonchev–Trinajstić information content (AvgIpc) is 2.71. The molecule has 0 saturated carbocycles. The second-order valence-electron chi connectivity index (χ2n) is 7.88. The third-order valence-corrected chi connectivity index (χ3v) is 5.46. The first kappa shape index (κ1) is 23.7. The molecule has 27 heavy (non-hydrogen) atoms. The van der Waals surface area contributed by atoms with Crippen LogP contribution in [0.2, 0.25) is 0 Å². The number of hydrogen-bond donors (Lipinski definition) is 0. The Hall–Kier alpha value is -1.31. The van der Waals surface area contributed by atoms with Gasteiger partial charge in [0.15, 0.2) is 0 Å². The van der Waals surface area contributed by atoms with E-state index < -0.39 is 0 Å². The highest BCUT2D eigenvalue weighted by atomic mass is 16.2. The minimum atomic E-state index is 0.222. The summed E-state index contributed by atoms with van der Waals surface area (Å²) in [5.74, 6) is 0.222. The number of rotatable bonds is 16.